The molecule has 1 unspecified atom stereocenters. The lowest BCUT2D eigenvalue weighted by Gasteiger charge is -2.24. The summed E-state index contributed by atoms with van der Waals surface area (Å²) in [6, 6.07) is 2.05. The van der Waals surface area contributed by atoms with Crippen molar-refractivity contribution in [1.29, 1.82) is 0 Å². The van der Waals surface area contributed by atoms with Gasteiger partial charge in [-0.25, -0.2) is 4.98 Å². The largest absolute Gasteiger partial charge is 0.435 e. The number of hydrogen-bond acceptors (Lipinski definition) is 5. The van der Waals surface area contributed by atoms with Gasteiger partial charge in [0.1, 0.15) is 0 Å². The van der Waals surface area contributed by atoms with Gasteiger partial charge in [-0.1, -0.05) is 6.92 Å². The van der Waals surface area contributed by atoms with Gasteiger partial charge in [-0.05, 0) is 42.2 Å². The fraction of sp³-hybridized carbons (Fsp3) is 0.529. The first-order valence-electron chi connectivity index (χ1n) is 8.05. The number of hydrogen-bond donors (Lipinski definition) is 0. The maximum Gasteiger partial charge on any atom is 0.291 e. The molecule has 124 valence electrons. The Labute approximate surface area is 140 Å². The van der Waals surface area contributed by atoms with Crippen LogP contribution < -0.4 is 0 Å². The van der Waals surface area contributed by atoms with E-state index in [1.165, 1.54) is 0 Å². The van der Waals surface area contributed by atoms with Crippen LogP contribution in [0.3, 0.4) is 0 Å². The molecule has 1 aliphatic rings. The molecule has 3 heterocycles. The molecule has 0 aromatic carbocycles. The summed E-state index contributed by atoms with van der Waals surface area (Å²) in [5.74, 6) is 0.866. The number of ether oxygens (including phenoxy) is 1. The van der Waals surface area contributed by atoms with Crippen LogP contribution in [0.1, 0.15) is 47.5 Å². The Bertz CT molecular complexity index is 645. The highest BCUT2D eigenvalue weighted by atomic mass is 32.1. The van der Waals surface area contributed by atoms with Crippen molar-refractivity contribution in [1.82, 2.24) is 9.88 Å². The van der Waals surface area contributed by atoms with Crippen LogP contribution in [0.4, 0.5) is 0 Å². The van der Waals surface area contributed by atoms with E-state index in [0.29, 0.717) is 36.9 Å². The first-order valence-corrected chi connectivity index (χ1v) is 9.00. The first kappa shape index (κ1) is 16.2. The maximum absolute atomic E-state index is 12.9. The monoisotopic (exact) mass is 334 g/mol. The van der Waals surface area contributed by atoms with E-state index in [1.54, 1.807) is 11.3 Å². The van der Waals surface area contributed by atoms with E-state index >= 15 is 0 Å². The number of amides is 1. The molecule has 1 amide bonds. The summed E-state index contributed by atoms with van der Waals surface area (Å²) in [5.41, 5.74) is 1.80. The zero-order valence-electron chi connectivity index (χ0n) is 13.6. The summed E-state index contributed by atoms with van der Waals surface area (Å²) in [6.07, 6.45) is 2.87. The number of oxazole rings is 1. The SMILES string of the molecule is CCc1nc(C)c(C(=O)N(Cc2ccsc2)CC2CCCO2)o1. The van der Waals surface area contributed by atoms with Crippen LogP contribution in [-0.2, 0) is 17.7 Å². The van der Waals surface area contributed by atoms with Crippen molar-refractivity contribution >= 4 is 17.2 Å². The van der Waals surface area contributed by atoms with Gasteiger partial charge in [0.2, 0.25) is 5.76 Å². The third-order valence-corrected chi connectivity index (χ3v) is 4.76. The van der Waals surface area contributed by atoms with Crippen LogP contribution in [0.5, 0.6) is 0 Å². The lowest BCUT2D eigenvalue weighted by Crippen LogP contribution is -2.37. The van der Waals surface area contributed by atoms with Crippen LogP contribution in [0, 0.1) is 6.92 Å². The first-order chi connectivity index (χ1) is 11.2. The number of thiophene rings is 1. The molecule has 23 heavy (non-hydrogen) atoms. The molecule has 2 aromatic heterocycles. The second-order valence-corrected chi connectivity index (χ2v) is 6.61. The molecule has 0 radical (unpaired) electrons. The van der Waals surface area contributed by atoms with E-state index in [0.717, 1.165) is 25.0 Å². The minimum Gasteiger partial charge on any atom is -0.435 e. The van der Waals surface area contributed by atoms with Crippen molar-refractivity contribution in [3.8, 4) is 0 Å². The summed E-state index contributed by atoms with van der Waals surface area (Å²) in [5, 5.41) is 4.10. The van der Waals surface area contributed by atoms with Gasteiger partial charge >= 0.3 is 0 Å². The predicted octanol–water partition coefficient (Wildman–Crippen LogP) is 3.43. The summed E-state index contributed by atoms with van der Waals surface area (Å²) >= 11 is 1.64. The van der Waals surface area contributed by atoms with Gasteiger partial charge in [-0.15, -0.1) is 0 Å². The number of aromatic nitrogens is 1. The highest BCUT2D eigenvalue weighted by Gasteiger charge is 2.27. The van der Waals surface area contributed by atoms with E-state index in [-0.39, 0.29) is 12.0 Å². The minimum absolute atomic E-state index is 0.101. The molecular weight excluding hydrogens is 312 g/mol. The molecule has 1 aliphatic heterocycles. The van der Waals surface area contributed by atoms with Gasteiger partial charge < -0.3 is 14.1 Å². The molecule has 0 N–H and O–H groups in total. The summed E-state index contributed by atoms with van der Waals surface area (Å²) in [6.45, 7) is 5.74. The lowest BCUT2D eigenvalue weighted by atomic mass is 10.2. The zero-order valence-corrected chi connectivity index (χ0v) is 14.4. The molecule has 1 saturated heterocycles. The minimum atomic E-state index is -0.101. The second-order valence-electron chi connectivity index (χ2n) is 5.83. The van der Waals surface area contributed by atoms with Crippen molar-refractivity contribution < 1.29 is 13.9 Å². The fourth-order valence-electron chi connectivity index (χ4n) is 2.80. The van der Waals surface area contributed by atoms with Gasteiger partial charge in [0, 0.05) is 26.1 Å². The van der Waals surface area contributed by atoms with Gasteiger partial charge in [0.25, 0.3) is 5.91 Å². The van der Waals surface area contributed by atoms with Crippen molar-refractivity contribution in [2.45, 2.75) is 45.8 Å². The average Bonchev–Trinajstić information content (AvgIpc) is 3.27. The number of aryl methyl sites for hydroxylation is 2. The van der Waals surface area contributed by atoms with Crippen molar-refractivity contribution in [2.24, 2.45) is 0 Å². The highest BCUT2D eigenvalue weighted by molar-refractivity contribution is 7.07. The molecule has 6 heteroatoms. The fourth-order valence-corrected chi connectivity index (χ4v) is 3.46. The molecule has 1 atom stereocenters. The summed E-state index contributed by atoms with van der Waals surface area (Å²) < 4.78 is 11.4. The third kappa shape index (κ3) is 3.82. The molecule has 5 nitrogen and oxygen atoms in total. The standard InChI is InChI=1S/C17H22N2O3S/c1-3-15-18-12(2)16(22-15)17(20)19(9-13-6-8-23-11-13)10-14-5-4-7-21-14/h6,8,11,14H,3-5,7,9-10H2,1-2H3. The Morgan fingerprint density at radius 2 is 2.39 bits per heavy atom. The van der Waals surface area contributed by atoms with Crippen molar-refractivity contribution in [3.05, 3.63) is 39.7 Å². The number of nitrogens with zero attached hydrogens (tertiary/aromatic N) is 2. The molecule has 3 rings (SSSR count). The smallest absolute Gasteiger partial charge is 0.291 e. The summed E-state index contributed by atoms with van der Waals surface area (Å²) in [4.78, 5) is 19.1. The Morgan fingerprint density at radius 3 is 3.00 bits per heavy atom. The van der Waals surface area contributed by atoms with E-state index in [2.05, 4.69) is 10.4 Å². The average molecular weight is 334 g/mol. The Kier molecular flexibility index (Phi) is 5.13. The maximum atomic E-state index is 12.9. The molecule has 0 aliphatic carbocycles. The molecule has 0 bridgehead atoms. The van der Waals surface area contributed by atoms with E-state index in [1.807, 2.05) is 30.2 Å². The van der Waals surface area contributed by atoms with E-state index in [9.17, 15) is 4.79 Å². The number of carbonyl (C=O) groups is 1. The number of rotatable bonds is 6. The van der Waals surface area contributed by atoms with Crippen LogP contribution in [-0.4, -0.2) is 35.0 Å². The summed E-state index contributed by atoms with van der Waals surface area (Å²) in [7, 11) is 0. The van der Waals surface area contributed by atoms with Crippen molar-refractivity contribution in [2.75, 3.05) is 13.2 Å². The van der Waals surface area contributed by atoms with Crippen LogP contribution in [0.2, 0.25) is 0 Å². The highest BCUT2D eigenvalue weighted by Crippen LogP contribution is 2.20. The molecule has 1 fully saturated rings. The van der Waals surface area contributed by atoms with Gasteiger partial charge in [0.05, 0.1) is 11.8 Å². The van der Waals surface area contributed by atoms with E-state index < -0.39 is 0 Å². The zero-order chi connectivity index (χ0) is 16.2. The lowest BCUT2D eigenvalue weighted by molar-refractivity contribution is 0.0482. The van der Waals surface area contributed by atoms with Crippen molar-refractivity contribution in [3.63, 3.8) is 0 Å². The van der Waals surface area contributed by atoms with E-state index in [4.69, 9.17) is 9.15 Å². The molecule has 2 aromatic rings. The van der Waals surface area contributed by atoms with Gasteiger partial charge in [0.15, 0.2) is 5.89 Å². The van der Waals surface area contributed by atoms with Crippen LogP contribution >= 0.6 is 11.3 Å². The Morgan fingerprint density at radius 1 is 1.52 bits per heavy atom. The van der Waals surface area contributed by atoms with Crippen LogP contribution in [0.25, 0.3) is 0 Å². The topological polar surface area (TPSA) is 55.6 Å². The Balaban J connectivity index is 1.80. The van der Waals surface area contributed by atoms with Gasteiger partial charge in [-0.3, -0.25) is 4.79 Å². The quantitative estimate of drug-likeness (QED) is 0.812. The van der Waals surface area contributed by atoms with Gasteiger partial charge in [-0.2, -0.15) is 11.3 Å². The van der Waals surface area contributed by atoms with Crippen LogP contribution in [0.15, 0.2) is 21.2 Å². The molecule has 0 saturated carbocycles. The molecule has 0 spiro atoms. The number of carbonyl (C=O) groups excluding carboxylic acids is 1. The Hall–Kier alpha value is -1.66. The predicted molar refractivity (Wildman–Crippen MR) is 88.7 cm³/mol. The molecular formula is C17H22N2O3S. The third-order valence-electron chi connectivity index (χ3n) is 4.03. The second kappa shape index (κ2) is 7.27. The normalized spacial score (nSPS) is 17.6.